The van der Waals surface area contributed by atoms with Crippen LogP contribution < -0.4 is 5.56 Å². The van der Waals surface area contributed by atoms with E-state index in [2.05, 4.69) is 15.2 Å². The molecule has 3 rings (SSSR count). The maximum absolute atomic E-state index is 12.6. The lowest BCUT2D eigenvalue weighted by atomic mass is 10.1. The van der Waals surface area contributed by atoms with Crippen molar-refractivity contribution >= 4 is 5.91 Å². The molecule has 0 aromatic carbocycles. The van der Waals surface area contributed by atoms with Gasteiger partial charge in [0.1, 0.15) is 18.3 Å². The normalized spacial score (nSPS) is 18.4. The fourth-order valence-corrected chi connectivity index (χ4v) is 2.71. The zero-order valence-electron chi connectivity index (χ0n) is 12.4. The minimum absolute atomic E-state index is 0.136. The number of aromatic nitrogens is 5. The lowest BCUT2D eigenvalue weighted by Gasteiger charge is -2.32. The summed E-state index contributed by atoms with van der Waals surface area (Å²) in [5, 5.41) is 8.28. The van der Waals surface area contributed by atoms with Crippen LogP contribution in [0.2, 0.25) is 0 Å². The Morgan fingerprint density at radius 3 is 3.00 bits per heavy atom. The summed E-state index contributed by atoms with van der Waals surface area (Å²) in [6.07, 6.45) is 5.05. The number of nitrogens with zero attached hydrogens (tertiary/aromatic N) is 6. The molecular weight excluding hydrogens is 284 g/mol. The molecule has 2 aromatic rings. The molecule has 1 fully saturated rings. The van der Waals surface area contributed by atoms with Crippen molar-refractivity contribution in [1.82, 2.24) is 29.4 Å². The molecule has 8 nitrogen and oxygen atoms in total. The monoisotopic (exact) mass is 302 g/mol. The highest BCUT2D eigenvalue weighted by Gasteiger charge is 2.26. The van der Waals surface area contributed by atoms with Gasteiger partial charge >= 0.3 is 0 Å². The summed E-state index contributed by atoms with van der Waals surface area (Å²) in [5.74, 6) is -0.146. The summed E-state index contributed by atoms with van der Waals surface area (Å²) in [4.78, 5) is 29.9. The van der Waals surface area contributed by atoms with Crippen molar-refractivity contribution < 1.29 is 4.79 Å². The van der Waals surface area contributed by atoms with E-state index in [0.29, 0.717) is 25.3 Å². The van der Waals surface area contributed by atoms with E-state index in [4.69, 9.17) is 0 Å². The molecule has 3 heterocycles. The van der Waals surface area contributed by atoms with Crippen LogP contribution in [-0.2, 0) is 6.54 Å². The van der Waals surface area contributed by atoms with Crippen molar-refractivity contribution in [2.45, 2.75) is 32.4 Å². The van der Waals surface area contributed by atoms with Crippen LogP contribution in [0.1, 0.15) is 36.3 Å². The molecule has 0 saturated carbocycles. The van der Waals surface area contributed by atoms with Crippen molar-refractivity contribution in [3.63, 3.8) is 0 Å². The van der Waals surface area contributed by atoms with E-state index in [1.165, 1.54) is 23.1 Å². The molecule has 8 heteroatoms. The summed E-state index contributed by atoms with van der Waals surface area (Å²) in [6.45, 7) is 3.54. The van der Waals surface area contributed by atoms with Crippen LogP contribution in [0.25, 0.3) is 0 Å². The van der Waals surface area contributed by atoms with Gasteiger partial charge in [-0.25, -0.2) is 14.3 Å². The van der Waals surface area contributed by atoms with Crippen molar-refractivity contribution in [1.29, 1.82) is 0 Å². The lowest BCUT2D eigenvalue weighted by Crippen LogP contribution is -2.41. The molecule has 0 N–H and O–H groups in total. The summed E-state index contributed by atoms with van der Waals surface area (Å²) >= 11 is 0. The van der Waals surface area contributed by atoms with E-state index in [-0.39, 0.29) is 17.5 Å². The Balaban J connectivity index is 1.78. The van der Waals surface area contributed by atoms with Crippen LogP contribution in [0.15, 0.2) is 29.6 Å². The van der Waals surface area contributed by atoms with Gasteiger partial charge < -0.3 is 4.90 Å². The van der Waals surface area contributed by atoms with Crippen molar-refractivity contribution in [3.8, 4) is 0 Å². The Hall–Kier alpha value is -2.51. The van der Waals surface area contributed by atoms with Crippen LogP contribution in [0, 0.1) is 0 Å². The molecule has 1 aliphatic rings. The number of rotatable bonds is 3. The van der Waals surface area contributed by atoms with Crippen molar-refractivity contribution in [3.05, 3.63) is 40.8 Å². The minimum Gasteiger partial charge on any atom is -0.335 e. The minimum atomic E-state index is -0.196. The third kappa shape index (κ3) is 2.76. The fourth-order valence-electron chi connectivity index (χ4n) is 2.71. The van der Waals surface area contributed by atoms with Crippen LogP contribution in [-0.4, -0.2) is 48.4 Å². The number of carbonyl (C=O) groups is 1. The van der Waals surface area contributed by atoms with Gasteiger partial charge in [0, 0.05) is 25.7 Å². The first-order valence-electron chi connectivity index (χ1n) is 7.40. The van der Waals surface area contributed by atoms with Gasteiger partial charge in [0.05, 0.1) is 6.04 Å². The van der Waals surface area contributed by atoms with Crippen LogP contribution in [0.5, 0.6) is 0 Å². The van der Waals surface area contributed by atoms with Crippen LogP contribution in [0.4, 0.5) is 0 Å². The summed E-state index contributed by atoms with van der Waals surface area (Å²) in [7, 11) is 0. The summed E-state index contributed by atoms with van der Waals surface area (Å²) in [5.41, 5.74) is 0.110. The van der Waals surface area contributed by atoms with Gasteiger partial charge in [-0.15, -0.1) is 0 Å². The fraction of sp³-hybridized carbons (Fsp3) is 0.500. The predicted octanol–water partition coefficient (Wildman–Crippen LogP) is 0.332. The first kappa shape index (κ1) is 14.4. The second kappa shape index (κ2) is 6.08. The number of piperidine rings is 1. The van der Waals surface area contributed by atoms with Gasteiger partial charge in [0.15, 0.2) is 0 Å². The molecule has 2 aromatic heterocycles. The maximum Gasteiger partial charge on any atom is 0.274 e. The Morgan fingerprint density at radius 2 is 2.27 bits per heavy atom. The quantitative estimate of drug-likeness (QED) is 0.815. The third-order valence-corrected chi connectivity index (χ3v) is 3.88. The standard InChI is InChI=1S/C14H18N6O2/c1-2-19-13(21)6-5-12(17-19)14(22)18-7-3-4-11(8-18)20-10-15-9-16-20/h5-6,9-11H,2-4,7-8H2,1H3/t11-/m1/s1. The van der Waals surface area contributed by atoms with E-state index >= 15 is 0 Å². The highest BCUT2D eigenvalue weighted by Crippen LogP contribution is 2.21. The molecule has 1 aliphatic heterocycles. The molecule has 1 amide bonds. The van der Waals surface area contributed by atoms with Crippen molar-refractivity contribution in [2.75, 3.05) is 13.1 Å². The van der Waals surface area contributed by atoms with E-state index in [9.17, 15) is 9.59 Å². The number of likely N-dealkylation sites (tertiary alicyclic amines) is 1. The molecule has 1 atom stereocenters. The van der Waals surface area contributed by atoms with Gasteiger partial charge in [0.25, 0.3) is 11.5 Å². The van der Waals surface area contributed by atoms with E-state index in [0.717, 1.165) is 12.8 Å². The molecule has 0 aliphatic carbocycles. The molecule has 0 unspecified atom stereocenters. The number of hydrogen-bond acceptors (Lipinski definition) is 5. The Morgan fingerprint density at radius 1 is 1.41 bits per heavy atom. The zero-order chi connectivity index (χ0) is 15.5. The second-order valence-electron chi connectivity index (χ2n) is 5.30. The molecule has 0 bridgehead atoms. The van der Waals surface area contributed by atoms with Gasteiger partial charge in [-0.05, 0) is 25.8 Å². The molecule has 0 radical (unpaired) electrons. The first-order valence-corrected chi connectivity index (χ1v) is 7.40. The van der Waals surface area contributed by atoms with E-state index < -0.39 is 0 Å². The molecular formula is C14H18N6O2. The topological polar surface area (TPSA) is 85.9 Å². The Bertz CT molecular complexity index is 708. The molecule has 22 heavy (non-hydrogen) atoms. The second-order valence-corrected chi connectivity index (χ2v) is 5.30. The predicted molar refractivity (Wildman–Crippen MR) is 78.4 cm³/mol. The Labute approximate surface area is 127 Å². The molecule has 0 spiro atoms. The largest absolute Gasteiger partial charge is 0.335 e. The highest BCUT2D eigenvalue weighted by atomic mass is 16.2. The van der Waals surface area contributed by atoms with E-state index in [1.807, 2.05) is 6.92 Å². The summed E-state index contributed by atoms with van der Waals surface area (Å²) in [6, 6.07) is 3.02. The van der Waals surface area contributed by atoms with Gasteiger partial charge in [-0.3, -0.25) is 9.59 Å². The first-order chi connectivity index (χ1) is 10.7. The number of hydrogen-bond donors (Lipinski definition) is 0. The van der Waals surface area contributed by atoms with Gasteiger partial charge in [-0.2, -0.15) is 10.2 Å². The molecule has 1 saturated heterocycles. The molecule has 116 valence electrons. The maximum atomic E-state index is 12.6. The zero-order valence-corrected chi connectivity index (χ0v) is 12.4. The number of amides is 1. The van der Waals surface area contributed by atoms with Crippen LogP contribution >= 0.6 is 0 Å². The number of carbonyl (C=O) groups excluding carboxylic acids is 1. The van der Waals surface area contributed by atoms with Crippen molar-refractivity contribution in [2.24, 2.45) is 0 Å². The lowest BCUT2D eigenvalue weighted by molar-refractivity contribution is 0.0664. The van der Waals surface area contributed by atoms with Gasteiger partial charge in [0.2, 0.25) is 0 Å². The SMILES string of the molecule is CCn1nc(C(=O)N2CCC[C@@H](n3cncn3)C2)ccc1=O. The Kier molecular flexibility index (Phi) is 3.99. The average molecular weight is 302 g/mol. The smallest absolute Gasteiger partial charge is 0.274 e. The highest BCUT2D eigenvalue weighted by molar-refractivity contribution is 5.92. The van der Waals surface area contributed by atoms with E-state index in [1.54, 1.807) is 15.9 Å². The number of aryl methyl sites for hydroxylation is 1. The average Bonchev–Trinajstić information content (AvgIpc) is 3.09. The van der Waals surface area contributed by atoms with Gasteiger partial charge in [-0.1, -0.05) is 0 Å². The third-order valence-electron chi connectivity index (χ3n) is 3.88. The van der Waals surface area contributed by atoms with Crippen LogP contribution in [0.3, 0.4) is 0 Å². The summed E-state index contributed by atoms with van der Waals surface area (Å²) < 4.78 is 3.09.